The van der Waals surface area contributed by atoms with E-state index in [-0.39, 0.29) is 5.56 Å². The van der Waals surface area contributed by atoms with Gasteiger partial charge in [-0.1, -0.05) is 12.1 Å². The smallest absolute Gasteiger partial charge is 0.280 e. The van der Waals surface area contributed by atoms with Crippen LogP contribution in [0.3, 0.4) is 0 Å². The summed E-state index contributed by atoms with van der Waals surface area (Å²) in [7, 11) is 1.79. The molecule has 4 heteroatoms. The van der Waals surface area contributed by atoms with Crippen molar-refractivity contribution in [3.8, 4) is 0 Å². The third-order valence-electron chi connectivity index (χ3n) is 2.43. The topological polar surface area (TPSA) is 55.1 Å². The number of rotatable bonds is 1. The van der Waals surface area contributed by atoms with Gasteiger partial charge in [-0.2, -0.15) is 4.98 Å². The van der Waals surface area contributed by atoms with Crippen LogP contribution in [-0.2, 0) is 7.05 Å². The first-order valence-electron chi connectivity index (χ1n) is 4.75. The summed E-state index contributed by atoms with van der Waals surface area (Å²) in [6.45, 7) is 1.59. The molecule has 78 valence electrons. The molecule has 2 aromatic rings. The van der Waals surface area contributed by atoms with Crippen molar-refractivity contribution in [3.63, 3.8) is 0 Å². The fraction of sp³-hybridized carbons (Fsp3) is 0.273. The van der Waals surface area contributed by atoms with Crippen LogP contribution in [0.1, 0.15) is 18.9 Å². The molecule has 1 atom stereocenters. The Balaban J connectivity index is 2.91. The Morgan fingerprint density at radius 2 is 2.07 bits per heavy atom. The summed E-state index contributed by atoms with van der Waals surface area (Å²) in [6, 6.07) is 7.22. The number of para-hydroxylation sites is 1. The second kappa shape index (κ2) is 3.47. The van der Waals surface area contributed by atoms with Crippen LogP contribution in [0.15, 0.2) is 29.1 Å². The van der Waals surface area contributed by atoms with Crippen molar-refractivity contribution in [1.29, 1.82) is 0 Å². The zero-order chi connectivity index (χ0) is 11.0. The molecule has 0 amide bonds. The molecule has 0 bridgehead atoms. The van der Waals surface area contributed by atoms with Crippen LogP contribution >= 0.6 is 0 Å². The summed E-state index contributed by atoms with van der Waals surface area (Å²) >= 11 is 0. The van der Waals surface area contributed by atoms with Gasteiger partial charge in [0.1, 0.15) is 11.9 Å². The van der Waals surface area contributed by atoms with Crippen LogP contribution in [0, 0.1) is 0 Å². The molecule has 0 saturated heterocycles. The molecule has 4 nitrogen and oxygen atoms in total. The molecule has 0 aliphatic rings. The number of aliphatic hydroxyl groups is 1. The summed E-state index contributed by atoms with van der Waals surface area (Å²) in [5.74, 6) is 0.388. The SMILES string of the molecule is CC(O)c1nc(=O)c2ccccc2n1C. The van der Waals surface area contributed by atoms with Crippen molar-refractivity contribution in [1.82, 2.24) is 9.55 Å². The number of aryl methyl sites for hydroxylation is 1. The lowest BCUT2D eigenvalue weighted by Gasteiger charge is -2.12. The third-order valence-corrected chi connectivity index (χ3v) is 2.43. The summed E-state index contributed by atoms with van der Waals surface area (Å²) in [6.07, 6.45) is -0.743. The van der Waals surface area contributed by atoms with E-state index in [0.717, 1.165) is 5.52 Å². The van der Waals surface area contributed by atoms with E-state index < -0.39 is 6.10 Å². The molecule has 0 radical (unpaired) electrons. The van der Waals surface area contributed by atoms with Crippen LogP contribution in [0.2, 0.25) is 0 Å². The Morgan fingerprint density at radius 1 is 1.40 bits per heavy atom. The second-order valence-corrected chi connectivity index (χ2v) is 3.53. The largest absolute Gasteiger partial charge is 0.385 e. The van der Waals surface area contributed by atoms with Crippen molar-refractivity contribution in [2.45, 2.75) is 13.0 Å². The van der Waals surface area contributed by atoms with Gasteiger partial charge >= 0.3 is 0 Å². The summed E-state index contributed by atoms with van der Waals surface area (Å²) in [5, 5.41) is 10.0. The Kier molecular flexibility index (Phi) is 2.28. The van der Waals surface area contributed by atoms with E-state index in [9.17, 15) is 9.90 Å². The Labute approximate surface area is 86.8 Å². The average molecular weight is 204 g/mol. The van der Waals surface area contributed by atoms with Gasteiger partial charge in [0.25, 0.3) is 5.56 Å². The Morgan fingerprint density at radius 3 is 2.73 bits per heavy atom. The van der Waals surface area contributed by atoms with Gasteiger partial charge in [0, 0.05) is 7.05 Å². The maximum Gasteiger partial charge on any atom is 0.280 e. The first-order valence-corrected chi connectivity index (χ1v) is 4.75. The summed E-state index contributed by atoms with van der Waals surface area (Å²) < 4.78 is 1.74. The molecule has 1 unspecified atom stereocenters. The van der Waals surface area contributed by atoms with E-state index in [1.807, 2.05) is 12.1 Å². The number of fused-ring (bicyclic) bond motifs is 1. The number of hydrogen-bond acceptors (Lipinski definition) is 3. The number of nitrogens with zero attached hydrogens (tertiary/aromatic N) is 2. The monoisotopic (exact) mass is 204 g/mol. The lowest BCUT2D eigenvalue weighted by molar-refractivity contribution is 0.184. The molecule has 0 aliphatic heterocycles. The highest BCUT2D eigenvalue weighted by Gasteiger charge is 2.10. The van der Waals surface area contributed by atoms with Gasteiger partial charge in [0.15, 0.2) is 0 Å². The van der Waals surface area contributed by atoms with Gasteiger partial charge in [0.2, 0.25) is 0 Å². The van der Waals surface area contributed by atoms with E-state index in [2.05, 4.69) is 4.98 Å². The molecule has 2 rings (SSSR count). The lowest BCUT2D eigenvalue weighted by atomic mass is 10.2. The van der Waals surface area contributed by atoms with Crippen LogP contribution in [-0.4, -0.2) is 14.7 Å². The highest BCUT2D eigenvalue weighted by molar-refractivity contribution is 5.77. The van der Waals surface area contributed by atoms with E-state index in [4.69, 9.17) is 0 Å². The minimum absolute atomic E-state index is 0.292. The standard InChI is InChI=1S/C11H12N2O2/c1-7(14)10-12-11(15)8-5-3-4-6-9(8)13(10)2/h3-7,14H,1-2H3. The van der Waals surface area contributed by atoms with Gasteiger partial charge in [-0.15, -0.1) is 0 Å². The predicted molar refractivity (Wildman–Crippen MR) is 57.6 cm³/mol. The molecule has 1 aromatic carbocycles. The summed E-state index contributed by atoms with van der Waals surface area (Å²) in [5.41, 5.74) is 0.494. The number of aliphatic hydroxyl groups excluding tert-OH is 1. The van der Waals surface area contributed by atoms with E-state index in [0.29, 0.717) is 11.2 Å². The molecule has 15 heavy (non-hydrogen) atoms. The van der Waals surface area contributed by atoms with E-state index in [1.165, 1.54) is 0 Å². The zero-order valence-electron chi connectivity index (χ0n) is 8.64. The number of aromatic nitrogens is 2. The number of hydrogen-bond donors (Lipinski definition) is 1. The quantitative estimate of drug-likeness (QED) is 0.753. The van der Waals surface area contributed by atoms with Gasteiger partial charge in [-0.3, -0.25) is 4.79 Å². The normalized spacial score (nSPS) is 13.0. The highest BCUT2D eigenvalue weighted by atomic mass is 16.3. The Hall–Kier alpha value is -1.68. The van der Waals surface area contributed by atoms with Crippen LogP contribution < -0.4 is 5.56 Å². The maximum absolute atomic E-state index is 11.6. The van der Waals surface area contributed by atoms with Crippen molar-refractivity contribution in [2.75, 3.05) is 0 Å². The van der Waals surface area contributed by atoms with Crippen LogP contribution in [0.4, 0.5) is 0 Å². The van der Waals surface area contributed by atoms with E-state index in [1.54, 1.807) is 30.7 Å². The fourth-order valence-electron chi connectivity index (χ4n) is 1.68. The molecular formula is C11H12N2O2. The van der Waals surface area contributed by atoms with Crippen molar-refractivity contribution in [2.24, 2.45) is 7.05 Å². The van der Waals surface area contributed by atoms with E-state index >= 15 is 0 Å². The summed E-state index contributed by atoms with van der Waals surface area (Å²) in [4.78, 5) is 15.5. The predicted octanol–water partition coefficient (Wildman–Crippen LogP) is 0.987. The molecular weight excluding hydrogens is 192 g/mol. The molecule has 1 heterocycles. The molecule has 0 fully saturated rings. The average Bonchev–Trinajstić information content (AvgIpc) is 2.23. The van der Waals surface area contributed by atoms with Crippen molar-refractivity contribution >= 4 is 10.9 Å². The highest BCUT2D eigenvalue weighted by Crippen LogP contribution is 2.13. The number of benzene rings is 1. The minimum Gasteiger partial charge on any atom is -0.385 e. The molecule has 0 saturated carbocycles. The first kappa shape index (κ1) is 9.86. The molecule has 0 aliphatic carbocycles. The maximum atomic E-state index is 11.6. The Bertz CT molecular complexity index is 558. The fourth-order valence-corrected chi connectivity index (χ4v) is 1.68. The van der Waals surface area contributed by atoms with Crippen LogP contribution in [0.25, 0.3) is 10.9 Å². The van der Waals surface area contributed by atoms with Gasteiger partial charge in [0.05, 0.1) is 10.9 Å². The zero-order valence-corrected chi connectivity index (χ0v) is 8.64. The minimum atomic E-state index is -0.743. The molecule has 0 spiro atoms. The third kappa shape index (κ3) is 1.53. The molecule has 1 aromatic heterocycles. The first-order chi connectivity index (χ1) is 7.11. The van der Waals surface area contributed by atoms with Crippen molar-refractivity contribution < 1.29 is 5.11 Å². The lowest BCUT2D eigenvalue weighted by Crippen LogP contribution is -2.18. The second-order valence-electron chi connectivity index (χ2n) is 3.53. The van der Waals surface area contributed by atoms with Gasteiger partial charge in [-0.25, -0.2) is 0 Å². The van der Waals surface area contributed by atoms with Gasteiger partial charge < -0.3 is 9.67 Å². The van der Waals surface area contributed by atoms with Crippen molar-refractivity contribution in [3.05, 3.63) is 40.4 Å². The van der Waals surface area contributed by atoms with Crippen LogP contribution in [0.5, 0.6) is 0 Å². The molecule has 1 N–H and O–H groups in total. The van der Waals surface area contributed by atoms with Gasteiger partial charge in [-0.05, 0) is 19.1 Å².